The number of hydrogen-bond donors (Lipinski definition) is 2. The molecule has 37 heavy (non-hydrogen) atoms. The van der Waals surface area contributed by atoms with E-state index in [1.54, 1.807) is 12.1 Å². The Morgan fingerprint density at radius 2 is 1.32 bits per heavy atom. The first kappa shape index (κ1) is 24.3. The molecule has 4 aromatic rings. The second kappa shape index (κ2) is 11.1. The van der Waals surface area contributed by atoms with Gasteiger partial charge in [-0.25, -0.2) is 4.79 Å². The Morgan fingerprint density at radius 3 is 1.97 bits per heavy atom. The van der Waals surface area contributed by atoms with Crippen LogP contribution in [0.15, 0.2) is 103 Å². The van der Waals surface area contributed by atoms with Gasteiger partial charge in [-0.05, 0) is 51.9 Å². The van der Waals surface area contributed by atoms with Crippen molar-refractivity contribution in [3.05, 3.63) is 125 Å². The average molecular weight is 493 g/mol. The SMILES string of the molecule is N[C@@H](Cc1ccc(NC(=O)OCC2c3ccccc3-c3ccccc32)cc1)C(=O)OCc1ccccc1. The van der Waals surface area contributed by atoms with E-state index >= 15 is 0 Å². The van der Waals surface area contributed by atoms with Crippen molar-refractivity contribution in [2.75, 3.05) is 11.9 Å². The third kappa shape index (κ3) is 5.71. The molecule has 1 aliphatic carbocycles. The number of carbonyl (C=O) groups is 2. The van der Waals surface area contributed by atoms with Crippen molar-refractivity contribution in [3.8, 4) is 11.1 Å². The quantitative estimate of drug-likeness (QED) is 0.310. The summed E-state index contributed by atoms with van der Waals surface area (Å²) in [6.45, 7) is 0.439. The summed E-state index contributed by atoms with van der Waals surface area (Å²) < 4.78 is 10.9. The standard InChI is InChI=1S/C31H28N2O4/c32-29(30(34)36-19-22-8-2-1-3-9-22)18-21-14-16-23(17-15-21)33-31(35)37-20-28-26-12-6-4-10-24(26)25-11-5-7-13-27(25)28/h1-17,28-29H,18-20,32H2,(H,33,35)/t29-/m0/s1. The number of fused-ring (bicyclic) bond motifs is 3. The Bertz CT molecular complexity index is 1340. The Balaban J connectivity index is 1.12. The molecule has 0 spiro atoms. The van der Waals surface area contributed by atoms with Crippen LogP contribution in [0.1, 0.15) is 28.2 Å². The molecule has 1 atom stereocenters. The summed E-state index contributed by atoms with van der Waals surface area (Å²) in [7, 11) is 0. The van der Waals surface area contributed by atoms with E-state index < -0.39 is 18.1 Å². The van der Waals surface area contributed by atoms with Crippen molar-refractivity contribution in [3.63, 3.8) is 0 Å². The van der Waals surface area contributed by atoms with E-state index in [2.05, 4.69) is 29.6 Å². The number of benzene rings is 4. The van der Waals surface area contributed by atoms with E-state index in [9.17, 15) is 9.59 Å². The van der Waals surface area contributed by atoms with Crippen LogP contribution in [0.25, 0.3) is 11.1 Å². The Hall–Kier alpha value is -4.42. The first-order chi connectivity index (χ1) is 18.1. The third-order valence-corrected chi connectivity index (χ3v) is 6.53. The lowest BCUT2D eigenvalue weighted by Gasteiger charge is -2.15. The highest BCUT2D eigenvalue weighted by Crippen LogP contribution is 2.44. The van der Waals surface area contributed by atoms with Gasteiger partial charge in [0.1, 0.15) is 19.3 Å². The zero-order valence-corrected chi connectivity index (χ0v) is 20.3. The molecule has 5 rings (SSSR count). The van der Waals surface area contributed by atoms with Gasteiger partial charge in [-0.15, -0.1) is 0 Å². The summed E-state index contributed by atoms with van der Waals surface area (Å²) >= 11 is 0. The van der Waals surface area contributed by atoms with Crippen LogP contribution < -0.4 is 11.1 Å². The van der Waals surface area contributed by atoms with Crippen LogP contribution in [0, 0.1) is 0 Å². The molecule has 0 aliphatic heterocycles. The number of rotatable bonds is 8. The number of esters is 1. The van der Waals surface area contributed by atoms with E-state index in [0.29, 0.717) is 12.1 Å². The maximum atomic E-state index is 12.5. The molecule has 0 saturated carbocycles. The highest BCUT2D eigenvalue weighted by molar-refractivity contribution is 5.85. The lowest BCUT2D eigenvalue weighted by atomic mass is 9.98. The Morgan fingerprint density at radius 1 is 0.730 bits per heavy atom. The maximum Gasteiger partial charge on any atom is 0.411 e. The molecule has 1 aliphatic rings. The minimum absolute atomic E-state index is 0.00339. The summed E-state index contributed by atoms with van der Waals surface area (Å²) in [5, 5.41) is 2.77. The van der Waals surface area contributed by atoms with Gasteiger partial charge in [-0.3, -0.25) is 10.1 Å². The van der Waals surface area contributed by atoms with Crippen molar-refractivity contribution < 1.29 is 19.1 Å². The Labute approximate surface area is 216 Å². The van der Waals surface area contributed by atoms with Crippen LogP contribution in [-0.4, -0.2) is 24.7 Å². The summed E-state index contributed by atoms with van der Waals surface area (Å²) in [6, 6.07) is 32.3. The molecule has 4 aromatic carbocycles. The second-order valence-electron chi connectivity index (χ2n) is 9.05. The zero-order valence-electron chi connectivity index (χ0n) is 20.3. The van der Waals surface area contributed by atoms with Crippen LogP contribution in [-0.2, 0) is 27.3 Å². The van der Waals surface area contributed by atoms with Gasteiger partial charge in [-0.1, -0.05) is 91.0 Å². The van der Waals surface area contributed by atoms with E-state index in [0.717, 1.165) is 11.1 Å². The number of carbonyl (C=O) groups excluding carboxylic acids is 2. The van der Waals surface area contributed by atoms with Crippen LogP contribution in [0.2, 0.25) is 0 Å². The van der Waals surface area contributed by atoms with Crippen LogP contribution in [0.3, 0.4) is 0 Å². The first-order valence-corrected chi connectivity index (χ1v) is 12.3. The van der Waals surface area contributed by atoms with Gasteiger partial charge in [0.15, 0.2) is 0 Å². The number of anilines is 1. The predicted octanol–water partition coefficient (Wildman–Crippen LogP) is 5.66. The minimum Gasteiger partial charge on any atom is -0.460 e. The second-order valence-corrected chi connectivity index (χ2v) is 9.05. The number of nitrogens with two attached hydrogens (primary N) is 1. The summed E-state index contributed by atoms with van der Waals surface area (Å²) in [6.07, 6.45) is -0.186. The van der Waals surface area contributed by atoms with Crippen molar-refractivity contribution in [1.29, 1.82) is 0 Å². The molecule has 0 saturated heterocycles. The fourth-order valence-electron chi connectivity index (χ4n) is 4.65. The summed E-state index contributed by atoms with van der Waals surface area (Å²) in [5.74, 6) is -0.451. The summed E-state index contributed by atoms with van der Waals surface area (Å²) in [4.78, 5) is 24.8. The molecule has 0 aromatic heterocycles. The van der Waals surface area contributed by atoms with Gasteiger partial charge >= 0.3 is 12.1 Å². The topological polar surface area (TPSA) is 90.6 Å². The third-order valence-electron chi connectivity index (χ3n) is 6.53. The fourth-order valence-corrected chi connectivity index (χ4v) is 4.65. The molecular formula is C31H28N2O4. The molecule has 0 heterocycles. The van der Waals surface area contributed by atoms with Crippen molar-refractivity contribution in [2.24, 2.45) is 5.73 Å². The Kier molecular flexibility index (Phi) is 7.28. The van der Waals surface area contributed by atoms with Gasteiger partial charge in [0, 0.05) is 11.6 Å². The van der Waals surface area contributed by atoms with Crippen LogP contribution in [0.5, 0.6) is 0 Å². The normalized spacial score (nSPS) is 12.8. The van der Waals surface area contributed by atoms with E-state index in [4.69, 9.17) is 15.2 Å². The number of ether oxygens (including phenoxy) is 2. The molecule has 0 bridgehead atoms. The zero-order chi connectivity index (χ0) is 25.6. The fraction of sp³-hybridized carbons (Fsp3) is 0.161. The van der Waals surface area contributed by atoms with Gasteiger partial charge in [0.05, 0.1) is 0 Å². The molecular weight excluding hydrogens is 464 g/mol. The number of hydrogen-bond acceptors (Lipinski definition) is 5. The molecule has 0 radical (unpaired) electrons. The number of amides is 1. The average Bonchev–Trinajstić information content (AvgIpc) is 3.26. The van der Waals surface area contributed by atoms with Crippen LogP contribution in [0.4, 0.5) is 10.5 Å². The van der Waals surface area contributed by atoms with E-state index in [-0.39, 0.29) is 19.1 Å². The molecule has 0 fully saturated rings. The lowest BCUT2D eigenvalue weighted by Crippen LogP contribution is -2.34. The van der Waals surface area contributed by atoms with Crippen molar-refractivity contribution in [1.82, 2.24) is 0 Å². The van der Waals surface area contributed by atoms with E-state index in [1.165, 1.54) is 22.3 Å². The van der Waals surface area contributed by atoms with Gasteiger partial charge in [0.25, 0.3) is 0 Å². The summed E-state index contributed by atoms with van der Waals surface area (Å²) in [5.41, 5.74) is 13.1. The minimum atomic E-state index is -0.773. The smallest absolute Gasteiger partial charge is 0.411 e. The van der Waals surface area contributed by atoms with E-state index in [1.807, 2.05) is 66.7 Å². The molecule has 6 heteroatoms. The molecule has 1 amide bonds. The van der Waals surface area contributed by atoms with Gasteiger partial charge in [-0.2, -0.15) is 0 Å². The maximum absolute atomic E-state index is 12.5. The lowest BCUT2D eigenvalue weighted by molar-refractivity contribution is -0.146. The molecule has 6 nitrogen and oxygen atoms in total. The van der Waals surface area contributed by atoms with Crippen molar-refractivity contribution >= 4 is 17.7 Å². The monoisotopic (exact) mass is 492 g/mol. The molecule has 0 unspecified atom stereocenters. The van der Waals surface area contributed by atoms with Gasteiger partial charge in [0.2, 0.25) is 0 Å². The first-order valence-electron chi connectivity index (χ1n) is 12.3. The highest BCUT2D eigenvalue weighted by Gasteiger charge is 2.29. The van der Waals surface area contributed by atoms with Gasteiger partial charge < -0.3 is 15.2 Å². The largest absolute Gasteiger partial charge is 0.460 e. The number of nitrogens with one attached hydrogen (secondary N) is 1. The highest BCUT2D eigenvalue weighted by atomic mass is 16.5. The predicted molar refractivity (Wildman–Crippen MR) is 143 cm³/mol. The molecule has 3 N–H and O–H groups in total. The molecule has 186 valence electrons. The van der Waals surface area contributed by atoms with Crippen LogP contribution >= 0.6 is 0 Å². The van der Waals surface area contributed by atoms with Crippen molar-refractivity contribution in [2.45, 2.75) is 25.0 Å².